The summed E-state index contributed by atoms with van der Waals surface area (Å²) in [7, 11) is 1.64. The first-order valence-corrected chi connectivity index (χ1v) is 6.69. The van der Waals surface area contributed by atoms with Crippen LogP contribution in [0.25, 0.3) is 0 Å². The van der Waals surface area contributed by atoms with Gasteiger partial charge < -0.3 is 10.2 Å². The fourth-order valence-electron chi connectivity index (χ4n) is 2.36. The summed E-state index contributed by atoms with van der Waals surface area (Å²) >= 11 is 3.40. The van der Waals surface area contributed by atoms with Gasteiger partial charge in [-0.2, -0.15) is 0 Å². The van der Waals surface area contributed by atoms with Crippen LogP contribution >= 0.6 is 15.9 Å². The summed E-state index contributed by atoms with van der Waals surface area (Å²) in [6.45, 7) is 0.801. The van der Waals surface area contributed by atoms with Crippen LogP contribution in [-0.4, -0.2) is 31.8 Å². The summed E-state index contributed by atoms with van der Waals surface area (Å²) in [5.41, 5.74) is 1.44. The number of hydrogen-bond donors (Lipinski definition) is 1. The lowest BCUT2D eigenvalue weighted by atomic mass is 10.1. The molecule has 1 aromatic carbocycles. The van der Waals surface area contributed by atoms with Gasteiger partial charge in [-0.05, 0) is 31.0 Å². The first kappa shape index (κ1) is 13.1. The highest BCUT2D eigenvalue weighted by molar-refractivity contribution is 9.10. The van der Waals surface area contributed by atoms with Gasteiger partial charge in [0.05, 0.1) is 0 Å². The summed E-state index contributed by atoms with van der Waals surface area (Å²) in [4.78, 5) is 24.9. The van der Waals surface area contributed by atoms with Crippen molar-refractivity contribution in [3.05, 3.63) is 28.2 Å². The Morgan fingerprint density at radius 1 is 1.56 bits per heavy atom. The van der Waals surface area contributed by atoms with Crippen LogP contribution in [-0.2, 0) is 4.79 Å². The molecule has 0 aliphatic carbocycles. The molecule has 2 rings (SSSR count). The van der Waals surface area contributed by atoms with E-state index < -0.39 is 0 Å². The second-order valence-corrected chi connectivity index (χ2v) is 5.20. The van der Waals surface area contributed by atoms with Gasteiger partial charge in [0.1, 0.15) is 6.04 Å². The first-order chi connectivity index (χ1) is 8.67. The maximum Gasteiger partial charge on any atom is 0.242 e. The number of anilines is 1. The number of halogens is 1. The van der Waals surface area contributed by atoms with E-state index in [-0.39, 0.29) is 11.9 Å². The van der Waals surface area contributed by atoms with Gasteiger partial charge in [0.25, 0.3) is 0 Å². The van der Waals surface area contributed by atoms with Crippen LogP contribution in [0.1, 0.15) is 23.2 Å². The van der Waals surface area contributed by atoms with Crippen LogP contribution in [0.2, 0.25) is 0 Å². The molecule has 1 atom stereocenters. The summed E-state index contributed by atoms with van der Waals surface area (Å²) in [6, 6.07) is 5.32. The molecule has 0 bridgehead atoms. The van der Waals surface area contributed by atoms with Crippen LogP contribution in [0.4, 0.5) is 5.69 Å². The number of carbonyl (C=O) groups is 2. The Morgan fingerprint density at radius 2 is 2.33 bits per heavy atom. The van der Waals surface area contributed by atoms with Gasteiger partial charge in [-0.25, -0.2) is 0 Å². The first-order valence-electron chi connectivity index (χ1n) is 5.90. The van der Waals surface area contributed by atoms with E-state index in [2.05, 4.69) is 21.2 Å². The molecule has 96 valence electrons. The predicted molar refractivity (Wildman–Crippen MR) is 74.0 cm³/mol. The molecular formula is C13H15BrN2O2. The standard InChI is InChI=1S/C13H15BrN2O2/c1-15-13(18)11-3-2-6-16(11)12-7-10(14)5-4-9(12)8-17/h4-5,7-8,11H,2-3,6H2,1H3,(H,15,18). The molecule has 1 unspecified atom stereocenters. The molecule has 5 heteroatoms. The molecule has 1 aromatic rings. The van der Waals surface area contributed by atoms with Crippen molar-refractivity contribution in [3.63, 3.8) is 0 Å². The number of benzene rings is 1. The van der Waals surface area contributed by atoms with Gasteiger partial charge in [0, 0.05) is 29.3 Å². The number of carbonyl (C=O) groups excluding carboxylic acids is 2. The maximum absolute atomic E-state index is 11.8. The van der Waals surface area contributed by atoms with E-state index in [0.29, 0.717) is 5.56 Å². The van der Waals surface area contributed by atoms with E-state index in [4.69, 9.17) is 0 Å². The Hall–Kier alpha value is -1.36. The molecule has 18 heavy (non-hydrogen) atoms. The zero-order chi connectivity index (χ0) is 13.1. The summed E-state index contributed by atoms with van der Waals surface area (Å²) < 4.78 is 0.908. The van der Waals surface area contributed by atoms with Crippen molar-refractivity contribution in [2.75, 3.05) is 18.5 Å². The van der Waals surface area contributed by atoms with Gasteiger partial charge in [0.15, 0.2) is 6.29 Å². The van der Waals surface area contributed by atoms with E-state index in [1.807, 2.05) is 17.0 Å². The summed E-state index contributed by atoms with van der Waals surface area (Å²) in [6.07, 6.45) is 2.62. The summed E-state index contributed by atoms with van der Waals surface area (Å²) in [5.74, 6) is 0.00400. The monoisotopic (exact) mass is 310 g/mol. The molecule has 0 aromatic heterocycles. The highest BCUT2D eigenvalue weighted by atomic mass is 79.9. The molecular weight excluding hydrogens is 296 g/mol. The zero-order valence-electron chi connectivity index (χ0n) is 10.1. The number of rotatable bonds is 3. The van der Waals surface area contributed by atoms with E-state index in [1.165, 1.54) is 0 Å². The lowest BCUT2D eigenvalue weighted by molar-refractivity contribution is -0.121. The van der Waals surface area contributed by atoms with Gasteiger partial charge >= 0.3 is 0 Å². The molecule has 4 nitrogen and oxygen atoms in total. The lowest BCUT2D eigenvalue weighted by Crippen LogP contribution is -2.42. The fourth-order valence-corrected chi connectivity index (χ4v) is 2.71. The molecule has 0 radical (unpaired) electrons. The maximum atomic E-state index is 11.8. The predicted octanol–water partition coefficient (Wildman–Crippen LogP) is 1.98. The normalized spacial score (nSPS) is 18.8. The van der Waals surface area contributed by atoms with Crippen LogP contribution in [0.15, 0.2) is 22.7 Å². The van der Waals surface area contributed by atoms with Crippen molar-refractivity contribution in [1.29, 1.82) is 0 Å². The van der Waals surface area contributed by atoms with Gasteiger partial charge in [0.2, 0.25) is 5.91 Å². The minimum Gasteiger partial charge on any atom is -0.359 e. The minimum absolute atomic E-state index is 0.00400. The zero-order valence-corrected chi connectivity index (χ0v) is 11.7. The van der Waals surface area contributed by atoms with Gasteiger partial charge in [-0.15, -0.1) is 0 Å². The Balaban J connectivity index is 2.38. The third-order valence-electron chi connectivity index (χ3n) is 3.23. The number of hydrogen-bond acceptors (Lipinski definition) is 3. The molecule has 0 spiro atoms. The molecule has 1 amide bonds. The number of amides is 1. The van der Waals surface area contributed by atoms with Crippen molar-refractivity contribution >= 4 is 33.8 Å². The van der Waals surface area contributed by atoms with Crippen molar-refractivity contribution in [1.82, 2.24) is 5.32 Å². The summed E-state index contributed by atoms with van der Waals surface area (Å²) in [5, 5.41) is 2.68. The average Bonchev–Trinajstić information content (AvgIpc) is 2.86. The van der Waals surface area contributed by atoms with E-state index >= 15 is 0 Å². The second-order valence-electron chi connectivity index (χ2n) is 4.29. The SMILES string of the molecule is CNC(=O)C1CCCN1c1cc(Br)ccc1C=O. The minimum atomic E-state index is -0.178. The lowest BCUT2D eigenvalue weighted by Gasteiger charge is -2.26. The number of nitrogens with zero attached hydrogens (tertiary/aromatic N) is 1. The Morgan fingerprint density at radius 3 is 3.00 bits per heavy atom. The smallest absolute Gasteiger partial charge is 0.242 e. The number of nitrogens with one attached hydrogen (secondary N) is 1. The average molecular weight is 311 g/mol. The third kappa shape index (κ3) is 2.41. The van der Waals surface area contributed by atoms with Crippen molar-refractivity contribution in [3.8, 4) is 0 Å². The Bertz CT molecular complexity index is 476. The molecule has 1 saturated heterocycles. The van der Waals surface area contributed by atoms with E-state index in [0.717, 1.165) is 35.8 Å². The number of likely N-dealkylation sites (N-methyl/N-ethyl adjacent to an activating group) is 1. The highest BCUT2D eigenvalue weighted by Gasteiger charge is 2.31. The van der Waals surface area contributed by atoms with Crippen LogP contribution < -0.4 is 10.2 Å². The van der Waals surface area contributed by atoms with E-state index in [9.17, 15) is 9.59 Å². The molecule has 0 saturated carbocycles. The quantitative estimate of drug-likeness (QED) is 0.869. The fraction of sp³-hybridized carbons (Fsp3) is 0.385. The molecule has 1 aliphatic rings. The highest BCUT2D eigenvalue weighted by Crippen LogP contribution is 2.30. The number of aldehydes is 1. The van der Waals surface area contributed by atoms with Crippen LogP contribution in [0.5, 0.6) is 0 Å². The Kier molecular flexibility index (Phi) is 4.01. The molecule has 1 aliphatic heterocycles. The second kappa shape index (κ2) is 5.52. The third-order valence-corrected chi connectivity index (χ3v) is 3.72. The topological polar surface area (TPSA) is 49.4 Å². The van der Waals surface area contributed by atoms with Crippen LogP contribution in [0.3, 0.4) is 0 Å². The van der Waals surface area contributed by atoms with Gasteiger partial charge in [-0.3, -0.25) is 9.59 Å². The van der Waals surface area contributed by atoms with Crippen molar-refractivity contribution in [2.45, 2.75) is 18.9 Å². The Labute approximate surface area is 114 Å². The van der Waals surface area contributed by atoms with Crippen molar-refractivity contribution < 1.29 is 9.59 Å². The molecule has 1 fully saturated rings. The largest absolute Gasteiger partial charge is 0.359 e. The van der Waals surface area contributed by atoms with Crippen LogP contribution in [0, 0.1) is 0 Å². The van der Waals surface area contributed by atoms with E-state index in [1.54, 1.807) is 13.1 Å². The molecule has 1 N–H and O–H groups in total. The molecule has 1 heterocycles. The van der Waals surface area contributed by atoms with Crippen molar-refractivity contribution in [2.24, 2.45) is 0 Å². The van der Waals surface area contributed by atoms with Gasteiger partial charge in [-0.1, -0.05) is 15.9 Å².